The predicted octanol–water partition coefficient (Wildman–Crippen LogP) is 2.18. The number of urea groups is 1. The molecule has 94 valence electrons. The fraction of sp³-hybridized carbons (Fsp3) is 0.583. The quantitative estimate of drug-likeness (QED) is 0.773. The van der Waals surface area contributed by atoms with Crippen molar-refractivity contribution in [3.8, 4) is 0 Å². The molecule has 1 unspecified atom stereocenters. The molecule has 0 aliphatic carbocycles. The van der Waals surface area contributed by atoms with Crippen LogP contribution in [0.3, 0.4) is 0 Å². The average Bonchev–Trinajstić information content (AvgIpc) is 2.74. The standard InChI is InChI=1S/C12H19N3OS/c1-9-7-17-8-11(9)15-12(16)14-6-10-3-2-4-13-5-10/h7-8,10,13H,2-6H2,1H3,(H2,14,15,16). The molecule has 1 aromatic rings. The summed E-state index contributed by atoms with van der Waals surface area (Å²) in [6.45, 7) is 4.87. The van der Waals surface area contributed by atoms with Crippen molar-refractivity contribution in [3.05, 3.63) is 16.3 Å². The SMILES string of the molecule is Cc1cscc1NC(=O)NCC1CCCNC1. The molecule has 2 heterocycles. The number of hydrogen-bond donors (Lipinski definition) is 3. The minimum absolute atomic E-state index is 0.0999. The van der Waals surface area contributed by atoms with Crippen LogP contribution in [0.5, 0.6) is 0 Å². The van der Waals surface area contributed by atoms with Crippen molar-refractivity contribution >= 4 is 23.1 Å². The first-order valence-electron chi connectivity index (χ1n) is 6.04. The summed E-state index contributed by atoms with van der Waals surface area (Å²) in [5.74, 6) is 0.568. The van der Waals surface area contributed by atoms with Gasteiger partial charge >= 0.3 is 6.03 Å². The Balaban J connectivity index is 1.72. The van der Waals surface area contributed by atoms with Crippen LogP contribution in [0.2, 0.25) is 0 Å². The molecule has 17 heavy (non-hydrogen) atoms. The number of piperidine rings is 1. The number of carbonyl (C=O) groups is 1. The van der Waals surface area contributed by atoms with Crippen molar-refractivity contribution in [2.75, 3.05) is 25.0 Å². The van der Waals surface area contributed by atoms with E-state index in [9.17, 15) is 4.79 Å². The number of aryl methyl sites for hydroxylation is 1. The Morgan fingerprint density at radius 1 is 1.59 bits per heavy atom. The zero-order chi connectivity index (χ0) is 12.1. The summed E-state index contributed by atoms with van der Waals surface area (Å²) in [7, 11) is 0. The average molecular weight is 253 g/mol. The monoisotopic (exact) mass is 253 g/mol. The minimum Gasteiger partial charge on any atom is -0.338 e. The second-order valence-corrected chi connectivity index (χ2v) is 5.26. The number of thiophene rings is 1. The summed E-state index contributed by atoms with van der Waals surface area (Å²) in [4.78, 5) is 11.7. The summed E-state index contributed by atoms with van der Waals surface area (Å²) >= 11 is 1.60. The van der Waals surface area contributed by atoms with E-state index < -0.39 is 0 Å². The first-order valence-corrected chi connectivity index (χ1v) is 6.98. The highest BCUT2D eigenvalue weighted by Crippen LogP contribution is 2.19. The van der Waals surface area contributed by atoms with Gasteiger partial charge in [-0.3, -0.25) is 0 Å². The highest BCUT2D eigenvalue weighted by Gasteiger charge is 2.14. The van der Waals surface area contributed by atoms with Crippen LogP contribution < -0.4 is 16.0 Å². The lowest BCUT2D eigenvalue weighted by molar-refractivity contribution is 0.248. The maximum absolute atomic E-state index is 11.7. The maximum Gasteiger partial charge on any atom is 0.319 e. The third-order valence-electron chi connectivity index (χ3n) is 3.05. The van der Waals surface area contributed by atoms with Gasteiger partial charge in [-0.05, 0) is 49.7 Å². The molecule has 1 aliphatic heterocycles. The van der Waals surface area contributed by atoms with E-state index in [0.717, 1.165) is 30.9 Å². The van der Waals surface area contributed by atoms with Gasteiger partial charge in [0.1, 0.15) is 0 Å². The van der Waals surface area contributed by atoms with E-state index in [1.807, 2.05) is 17.7 Å². The maximum atomic E-state index is 11.7. The fourth-order valence-electron chi connectivity index (χ4n) is 1.99. The van der Waals surface area contributed by atoms with Crippen LogP contribution >= 0.6 is 11.3 Å². The normalized spacial score (nSPS) is 19.9. The first-order chi connectivity index (χ1) is 8.25. The van der Waals surface area contributed by atoms with E-state index >= 15 is 0 Å². The van der Waals surface area contributed by atoms with Crippen molar-refractivity contribution in [2.24, 2.45) is 5.92 Å². The van der Waals surface area contributed by atoms with Crippen LogP contribution in [0.4, 0.5) is 10.5 Å². The minimum atomic E-state index is -0.0999. The topological polar surface area (TPSA) is 53.2 Å². The zero-order valence-corrected chi connectivity index (χ0v) is 10.9. The zero-order valence-electron chi connectivity index (χ0n) is 10.1. The molecule has 1 fully saturated rings. The number of nitrogens with one attached hydrogen (secondary N) is 3. The highest BCUT2D eigenvalue weighted by atomic mass is 32.1. The lowest BCUT2D eigenvalue weighted by atomic mass is 10.00. The highest BCUT2D eigenvalue weighted by molar-refractivity contribution is 7.08. The molecular weight excluding hydrogens is 234 g/mol. The Morgan fingerprint density at radius 2 is 2.47 bits per heavy atom. The summed E-state index contributed by atoms with van der Waals surface area (Å²) in [6.07, 6.45) is 2.41. The molecule has 1 aliphatic rings. The second-order valence-electron chi connectivity index (χ2n) is 4.52. The molecular formula is C12H19N3OS. The van der Waals surface area contributed by atoms with Crippen molar-refractivity contribution in [1.29, 1.82) is 0 Å². The van der Waals surface area contributed by atoms with Crippen LogP contribution in [-0.2, 0) is 0 Å². The largest absolute Gasteiger partial charge is 0.338 e. The molecule has 2 rings (SSSR count). The van der Waals surface area contributed by atoms with Gasteiger partial charge in [0.2, 0.25) is 0 Å². The smallest absolute Gasteiger partial charge is 0.319 e. The van der Waals surface area contributed by atoms with Gasteiger partial charge in [0.15, 0.2) is 0 Å². The van der Waals surface area contributed by atoms with Crippen LogP contribution in [-0.4, -0.2) is 25.7 Å². The molecule has 0 spiro atoms. The molecule has 3 N–H and O–H groups in total. The van der Waals surface area contributed by atoms with Gasteiger partial charge in [-0.2, -0.15) is 0 Å². The van der Waals surface area contributed by atoms with Crippen LogP contribution in [0.25, 0.3) is 0 Å². The van der Waals surface area contributed by atoms with Gasteiger partial charge in [-0.1, -0.05) is 0 Å². The number of carbonyl (C=O) groups excluding carboxylic acids is 1. The van der Waals surface area contributed by atoms with Gasteiger partial charge in [0, 0.05) is 11.9 Å². The van der Waals surface area contributed by atoms with Crippen molar-refractivity contribution in [3.63, 3.8) is 0 Å². The number of hydrogen-bond acceptors (Lipinski definition) is 3. The lowest BCUT2D eigenvalue weighted by Gasteiger charge is -2.22. The Kier molecular flexibility index (Phi) is 4.39. The lowest BCUT2D eigenvalue weighted by Crippen LogP contribution is -2.39. The van der Waals surface area contributed by atoms with Crippen molar-refractivity contribution < 1.29 is 4.79 Å². The number of anilines is 1. The van der Waals surface area contributed by atoms with E-state index in [2.05, 4.69) is 16.0 Å². The molecule has 4 nitrogen and oxygen atoms in total. The molecule has 1 saturated heterocycles. The Labute approximate surface area is 106 Å². The van der Waals surface area contributed by atoms with E-state index in [1.165, 1.54) is 12.8 Å². The molecule has 1 atom stereocenters. The van der Waals surface area contributed by atoms with E-state index in [4.69, 9.17) is 0 Å². The Hall–Kier alpha value is -1.07. The van der Waals surface area contributed by atoms with Gasteiger partial charge in [-0.25, -0.2) is 4.79 Å². The van der Waals surface area contributed by atoms with Crippen LogP contribution in [0.1, 0.15) is 18.4 Å². The van der Waals surface area contributed by atoms with Crippen molar-refractivity contribution in [2.45, 2.75) is 19.8 Å². The molecule has 0 radical (unpaired) electrons. The van der Waals surface area contributed by atoms with Gasteiger partial charge < -0.3 is 16.0 Å². The Bertz CT molecular complexity index is 372. The fourth-order valence-corrected chi connectivity index (χ4v) is 2.77. The van der Waals surface area contributed by atoms with Gasteiger partial charge in [0.05, 0.1) is 5.69 Å². The molecule has 0 aromatic carbocycles. The summed E-state index contributed by atoms with van der Waals surface area (Å²) in [6, 6.07) is -0.0999. The third kappa shape index (κ3) is 3.71. The second kappa shape index (κ2) is 6.02. The van der Waals surface area contributed by atoms with Crippen molar-refractivity contribution in [1.82, 2.24) is 10.6 Å². The van der Waals surface area contributed by atoms with E-state index in [1.54, 1.807) is 11.3 Å². The summed E-state index contributed by atoms with van der Waals surface area (Å²) in [5.41, 5.74) is 2.03. The Morgan fingerprint density at radius 3 is 3.12 bits per heavy atom. The molecule has 2 amide bonds. The van der Waals surface area contributed by atoms with Gasteiger partial charge in [-0.15, -0.1) is 11.3 Å². The molecule has 0 bridgehead atoms. The summed E-state index contributed by atoms with van der Waals surface area (Å²) in [5, 5.41) is 13.1. The summed E-state index contributed by atoms with van der Waals surface area (Å²) < 4.78 is 0. The number of rotatable bonds is 3. The molecule has 1 aromatic heterocycles. The third-order valence-corrected chi connectivity index (χ3v) is 3.92. The van der Waals surface area contributed by atoms with Crippen LogP contribution in [0, 0.1) is 12.8 Å². The molecule has 5 heteroatoms. The van der Waals surface area contributed by atoms with E-state index in [0.29, 0.717) is 5.92 Å². The van der Waals surface area contributed by atoms with Crippen LogP contribution in [0.15, 0.2) is 10.8 Å². The van der Waals surface area contributed by atoms with Gasteiger partial charge in [0.25, 0.3) is 0 Å². The van der Waals surface area contributed by atoms with E-state index in [-0.39, 0.29) is 6.03 Å². The first kappa shape index (κ1) is 12.4. The number of amides is 2. The predicted molar refractivity (Wildman–Crippen MR) is 71.7 cm³/mol. The molecule has 0 saturated carbocycles.